The van der Waals surface area contributed by atoms with E-state index >= 15 is 0 Å². The third-order valence-electron chi connectivity index (χ3n) is 6.29. The molecule has 2 aromatic rings. The molecule has 27 heavy (non-hydrogen) atoms. The maximum Gasteiger partial charge on any atom is 0.225 e. The number of carbonyl (C=O) groups excluding carboxylic acids is 1. The highest BCUT2D eigenvalue weighted by Crippen LogP contribution is 2.34. The number of nitrogen functional groups attached to an aromatic ring is 1. The minimum Gasteiger partial charge on any atom is -0.397 e. The predicted octanol–water partition coefficient (Wildman–Crippen LogP) is 3.73. The second kappa shape index (κ2) is 7.85. The molecule has 144 valence electrons. The number of carbonyl (C=O) groups is 1. The molecule has 0 bridgehead atoms. The Labute approximate surface area is 160 Å². The van der Waals surface area contributed by atoms with Gasteiger partial charge in [-0.15, -0.1) is 0 Å². The van der Waals surface area contributed by atoms with E-state index in [4.69, 9.17) is 15.5 Å². The van der Waals surface area contributed by atoms with Crippen LogP contribution < -0.4 is 5.73 Å². The molecule has 1 saturated carbocycles. The number of hydrogen-bond donors (Lipinski definition) is 1. The molecule has 0 unspecified atom stereocenters. The first-order valence-corrected chi connectivity index (χ1v) is 10.1. The van der Waals surface area contributed by atoms with Crippen LogP contribution in [0.15, 0.2) is 30.3 Å². The molecule has 1 aromatic carbocycles. The number of ether oxygens (including phenoxy) is 1. The highest BCUT2D eigenvalue weighted by atomic mass is 16.5. The summed E-state index contributed by atoms with van der Waals surface area (Å²) >= 11 is 0. The van der Waals surface area contributed by atoms with Gasteiger partial charge in [-0.3, -0.25) is 9.78 Å². The van der Waals surface area contributed by atoms with Crippen LogP contribution in [0.25, 0.3) is 10.9 Å². The third-order valence-corrected chi connectivity index (χ3v) is 6.29. The summed E-state index contributed by atoms with van der Waals surface area (Å²) < 4.78 is 5.49. The van der Waals surface area contributed by atoms with Gasteiger partial charge in [0.05, 0.1) is 23.0 Å². The third kappa shape index (κ3) is 3.79. The van der Waals surface area contributed by atoms with E-state index in [0.717, 1.165) is 73.9 Å². The number of benzene rings is 1. The SMILES string of the molecule is CO[C@H]1CCC[C@H](C(=O)N2CCC(c3nc4ccccc4cc3N)CC2)C1. The average molecular weight is 367 g/mol. The summed E-state index contributed by atoms with van der Waals surface area (Å²) in [6.45, 7) is 1.59. The van der Waals surface area contributed by atoms with Gasteiger partial charge in [0.15, 0.2) is 0 Å². The second-order valence-corrected chi connectivity index (χ2v) is 7.98. The minimum atomic E-state index is 0.129. The van der Waals surface area contributed by atoms with Crippen molar-refractivity contribution in [2.24, 2.45) is 5.92 Å². The van der Waals surface area contributed by atoms with Gasteiger partial charge in [-0.2, -0.15) is 0 Å². The van der Waals surface area contributed by atoms with Gasteiger partial charge < -0.3 is 15.4 Å². The summed E-state index contributed by atoms with van der Waals surface area (Å²) in [4.78, 5) is 19.8. The van der Waals surface area contributed by atoms with Crippen molar-refractivity contribution < 1.29 is 9.53 Å². The molecule has 1 aliphatic heterocycles. The number of aromatic nitrogens is 1. The molecule has 2 N–H and O–H groups in total. The molecule has 0 spiro atoms. The number of nitrogens with two attached hydrogens (primary N) is 1. The van der Waals surface area contributed by atoms with E-state index < -0.39 is 0 Å². The Morgan fingerprint density at radius 3 is 2.74 bits per heavy atom. The van der Waals surface area contributed by atoms with Gasteiger partial charge in [-0.1, -0.05) is 24.6 Å². The fraction of sp³-hybridized carbons (Fsp3) is 0.545. The van der Waals surface area contributed by atoms with Gasteiger partial charge in [0.25, 0.3) is 0 Å². The summed E-state index contributed by atoms with van der Waals surface area (Å²) in [5.74, 6) is 0.774. The van der Waals surface area contributed by atoms with Crippen LogP contribution in [0.1, 0.15) is 50.1 Å². The number of methoxy groups -OCH3 is 1. The van der Waals surface area contributed by atoms with Gasteiger partial charge in [-0.25, -0.2) is 0 Å². The van der Waals surface area contributed by atoms with E-state index in [9.17, 15) is 4.79 Å². The van der Waals surface area contributed by atoms with Crippen LogP contribution in [0, 0.1) is 5.92 Å². The number of hydrogen-bond acceptors (Lipinski definition) is 4. The number of para-hydroxylation sites is 1. The predicted molar refractivity (Wildman–Crippen MR) is 107 cm³/mol. The standard InChI is InChI=1S/C22H29N3O2/c1-27-18-7-4-6-17(13-18)22(26)25-11-9-15(10-12-25)21-19(23)14-16-5-2-3-8-20(16)24-21/h2-3,5,8,14-15,17-18H,4,6-7,9-13,23H2,1H3/t17-,18-/m0/s1. The zero-order valence-corrected chi connectivity index (χ0v) is 16.1. The number of fused-ring (bicyclic) bond motifs is 1. The molecule has 1 saturated heterocycles. The zero-order chi connectivity index (χ0) is 18.8. The van der Waals surface area contributed by atoms with Crippen molar-refractivity contribution >= 4 is 22.5 Å². The Hall–Kier alpha value is -2.14. The first-order chi connectivity index (χ1) is 13.2. The average Bonchev–Trinajstić information content (AvgIpc) is 2.73. The smallest absolute Gasteiger partial charge is 0.225 e. The molecule has 1 amide bonds. The van der Waals surface area contributed by atoms with Crippen LogP contribution in [0.2, 0.25) is 0 Å². The molecular weight excluding hydrogens is 338 g/mol. The Morgan fingerprint density at radius 2 is 1.96 bits per heavy atom. The van der Waals surface area contributed by atoms with Gasteiger partial charge in [-0.05, 0) is 44.2 Å². The van der Waals surface area contributed by atoms with E-state index in [0.29, 0.717) is 11.8 Å². The molecule has 2 fully saturated rings. The van der Waals surface area contributed by atoms with Crippen LogP contribution in [0.3, 0.4) is 0 Å². The molecule has 5 nitrogen and oxygen atoms in total. The van der Waals surface area contributed by atoms with Crippen molar-refractivity contribution in [3.63, 3.8) is 0 Å². The number of rotatable bonds is 3. The summed E-state index contributed by atoms with van der Waals surface area (Å²) in [7, 11) is 1.75. The Bertz CT molecular complexity index is 814. The highest BCUT2D eigenvalue weighted by molar-refractivity contribution is 5.82. The van der Waals surface area contributed by atoms with E-state index in [-0.39, 0.29) is 12.0 Å². The lowest BCUT2D eigenvalue weighted by molar-refractivity contribution is -0.139. The molecule has 2 aliphatic rings. The number of piperidine rings is 1. The van der Waals surface area contributed by atoms with Crippen molar-refractivity contribution in [3.8, 4) is 0 Å². The van der Waals surface area contributed by atoms with Gasteiger partial charge in [0.1, 0.15) is 0 Å². The summed E-state index contributed by atoms with van der Waals surface area (Å²) in [5, 5.41) is 1.08. The fourth-order valence-corrected chi connectivity index (χ4v) is 4.69. The first kappa shape index (κ1) is 18.2. The molecule has 4 rings (SSSR count). The van der Waals surface area contributed by atoms with Crippen molar-refractivity contribution in [2.75, 3.05) is 25.9 Å². The largest absolute Gasteiger partial charge is 0.397 e. The lowest BCUT2D eigenvalue weighted by Crippen LogP contribution is -2.43. The minimum absolute atomic E-state index is 0.129. The lowest BCUT2D eigenvalue weighted by Gasteiger charge is -2.36. The van der Waals surface area contributed by atoms with Gasteiger partial charge in [0.2, 0.25) is 5.91 Å². The second-order valence-electron chi connectivity index (χ2n) is 7.98. The highest BCUT2D eigenvalue weighted by Gasteiger charge is 2.33. The lowest BCUT2D eigenvalue weighted by atomic mass is 9.85. The van der Waals surface area contributed by atoms with Crippen LogP contribution in [0.5, 0.6) is 0 Å². The Balaban J connectivity index is 1.41. The summed E-state index contributed by atoms with van der Waals surface area (Å²) in [6.07, 6.45) is 6.14. The topological polar surface area (TPSA) is 68.5 Å². The molecule has 2 atom stereocenters. The maximum atomic E-state index is 12.9. The number of anilines is 1. The first-order valence-electron chi connectivity index (χ1n) is 10.1. The molecule has 1 aromatic heterocycles. The van der Waals surface area contributed by atoms with Crippen LogP contribution >= 0.6 is 0 Å². The quantitative estimate of drug-likeness (QED) is 0.897. The Morgan fingerprint density at radius 1 is 1.19 bits per heavy atom. The molecule has 0 radical (unpaired) electrons. The molecule has 1 aliphatic carbocycles. The number of likely N-dealkylation sites (tertiary alicyclic amines) is 1. The molecule has 2 heterocycles. The van der Waals surface area contributed by atoms with Gasteiger partial charge in [0, 0.05) is 37.4 Å². The van der Waals surface area contributed by atoms with E-state index in [1.54, 1.807) is 7.11 Å². The fourth-order valence-electron chi connectivity index (χ4n) is 4.69. The van der Waals surface area contributed by atoms with Crippen molar-refractivity contribution in [1.82, 2.24) is 9.88 Å². The van der Waals surface area contributed by atoms with Crippen molar-refractivity contribution in [2.45, 2.75) is 50.5 Å². The number of amides is 1. The maximum absolute atomic E-state index is 12.9. The van der Waals surface area contributed by atoms with Crippen LogP contribution in [-0.2, 0) is 9.53 Å². The monoisotopic (exact) mass is 367 g/mol. The van der Waals surface area contributed by atoms with Gasteiger partial charge >= 0.3 is 0 Å². The van der Waals surface area contributed by atoms with Crippen LogP contribution in [-0.4, -0.2) is 42.1 Å². The number of nitrogens with zero attached hydrogens (tertiary/aromatic N) is 2. The van der Waals surface area contributed by atoms with Crippen molar-refractivity contribution in [1.29, 1.82) is 0 Å². The molecule has 5 heteroatoms. The summed E-state index contributed by atoms with van der Waals surface area (Å²) in [6, 6.07) is 10.1. The van der Waals surface area contributed by atoms with Crippen molar-refractivity contribution in [3.05, 3.63) is 36.0 Å². The number of pyridine rings is 1. The van der Waals surface area contributed by atoms with E-state index in [1.165, 1.54) is 0 Å². The van der Waals surface area contributed by atoms with E-state index in [2.05, 4.69) is 4.90 Å². The van der Waals surface area contributed by atoms with E-state index in [1.807, 2.05) is 30.3 Å². The normalized spacial score (nSPS) is 24.3. The summed E-state index contributed by atoms with van der Waals surface area (Å²) in [5.41, 5.74) is 9.07. The van der Waals surface area contributed by atoms with Crippen LogP contribution in [0.4, 0.5) is 5.69 Å². The zero-order valence-electron chi connectivity index (χ0n) is 16.1. The molecular formula is C22H29N3O2. The Kier molecular flexibility index (Phi) is 5.30.